The highest BCUT2D eigenvalue weighted by Crippen LogP contribution is 2.30. The molecule has 81 heavy (non-hydrogen) atoms. The number of aliphatic hydroxyl groups excluding tert-OH is 8. The first-order valence-electron chi connectivity index (χ1n) is 31.3. The Kier molecular flexibility index (Phi) is 46.1. The van der Waals surface area contributed by atoms with Crippen molar-refractivity contribution in [2.24, 2.45) is 0 Å². The van der Waals surface area contributed by atoms with Crippen LogP contribution >= 0.6 is 0 Å². The van der Waals surface area contributed by atoms with E-state index in [1.165, 1.54) is 77.0 Å². The van der Waals surface area contributed by atoms with E-state index in [1.807, 2.05) is 6.08 Å². The fourth-order valence-electron chi connectivity index (χ4n) is 9.38. The zero-order valence-corrected chi connectivity index (χ0v) is 49.7. The molecule has 0 saturated carbocycles. The standard InChI is InChI=1S/C67H111NO13/c1-3-5-7-9-11-13-15-17-18-19-20-21-22-23-24-25-26-27-28-29-30-31-32-33-34-35-36-37-38-39-41-43-45-47-49-51-59(72)68-55(56(71)50-48-46-44-42-40-16-14-12-10-8-6-4-2)54-78-66-64(77)62(75)65(58(53-70)80-66)81-67-63(76)61(74)60(73)57(52-69)79-67/h5,7,11,13,17-18,20-21,23-24,26-27,29-30,32-33,40,42,48,50,55-58,60-67,69-71,73-77H,3-4,6,8-10,12,14-16,19,22,25,28,31,34-39,41,43-47,49,51-54H2,1-2H3,(H,68,72)/b7-5-,13-11-,18-17-,21-20-,24-23-,27-26-,30-29-,33-32-,42-40+,50-48+. The van der Waals surface area contributed by atoms with Gasteiger partial charge in [-0.3, -0.25) is 4.79 Å². The maximum absolute atomic E-state index is 13.2. The molecule has 1 amide bonds. The van der Waals surface area contributed by atoms with Crippen LogP contribution in [-0.4, -0.2) is 140 Å². The van der Waals surface area contributed by atoms with E-state index in [9.17, 15) is 45.6 Å². The Morgan fingerprint density at radius 3 is 1.36 bits per heavy atom. The number of carbonyl (C=O) groups excluding carboxylic acids is 1. The molecular formula is C67H111NO13. The Morgan fingerprint density at radius 2 is 0.864 bits per heavy atom. The Balaban J connectivity index is 1.66. The number of aliphatic hydroxyl groups is 8. The third kappa shape index (κ3) is 36.0. The third-order valence-electron chi connectivity index (χ3n) is 14.4. The van der Waals surface area contributed by atoms with E-state index in [4.69, 9.17) is 18.9 Å². The molecule has 0 bridgehead atoms. The lowest BCUT2D eigenvalue weighted by Gasteiger charge is -2.46. The molecule has 0 aromatic rings. The van der Waals surface area contributed by atoms with Crippen molar-refractivity contribution >= 4 is 5.91 Å². The quantitative estimate of drug-likeness (QED) is 0.0204. The van der Waals surface area contributed by atoms with Crippen LogP contribution in [0.25, 0.3) is 0 Å². The van der Waals surface area contributed by atoms with E-state index in [-0.39, 0.29) is 18.9 Å². The van der Waals surface area contributed by atoms with Gasteiger partial charge in [0.1, 0.15) is 48.8 Å². The molecule has 14 nitrogen and oxygen atoms in total. The molecule has 2 rings (SSSR count). The van der Waals surface area contributed by atoms with Gasteiger partial charge in [-0.1, -0.05) is 219 Å². The minimum atomic E-state index is -1.80. The monoisotopic (exact) mass is 1140 g/mol. The maximum Gasteiger partial charge on any atom is 0.220 e. The predicted molar refractivity (Wildman–Crippen MR) is 327 cm³/mol. The smallest absolute Gasteiger partial charge is 0.220 e. The lowest BCUT2D eigenvalue weighted by atomic mass is 9.97. The summed E-state index contributed by atoms with van der Waals surface area (Å²) in [6.45, 7) is 2.62. The summed E-state index contributed by atoms with van der Waals surface area (Å²) in [6, 6.07) is -0.941. The summed E-state index contributed by atoms with van der Waals surface area (Å²) < 4.78 is 22.7. The number of ether oxygens (including phenoxy) is 4. The number of unbranched alkanes of at least 4 members (excludes halogenated alkanes) is 17. The molecule has 14 heteroatoms. The van der Waals surface area contributed by atoms with Crippen molar-refractivity contribution in [2.75, 3.05) is 19.8 Å². The molecule has 462 valence electrons. The molecule has 2 aliphatic heterocycles. The van der Waals surface area contributed by atoms with Crippen molar-refractivity contribution in [3.8, 4) is 0 Å². The van der Waals surface area contributed by atoms with Gasteiger partial charge in [-0.15, -0.1) is 0 Å². The molecule has 2 aliphatic rings. The van der Waals surface area contributed by atoms with Crippen molar-refractivity contribution in [3.63, 3.8) is 0 Å². The van der Waals surface area contributed by atoms with E-state index in [1.54, 1.807) is 6.08 Å². The lowest BCUT2D eigenvalue weighted by molar-refractivity contribution is -0.359. The number of carbonyl (C=O) groups is 1. The molecular weight excluding hydrogens is 1030 g/mol. The van der Waals surface area contributed by atoms with E-state index >= 15 is 0 Å². The Morgan fingerprint density at radius 1 is 0.457 bits per heavy atom. The number of allylic oxidation sites excluding steroid dienone is 19. The number of rotatable bonds is 48. The molecule has 2 saturated heterocycles. The largest absolute Gasteiger partial charge is 0.394 e. The van der Waals surface area contributed by atoms with Crippen molar-refractivity contribution in [3.05, 3.63) is 122 Å². The fourth-order valence-corrected chi connectivity index (χ4v) is 9.38. The highest BCUT2D eigenvalue weighted by atomic mass is 16.7. The van der Waals surface area contributed by atoms with Gasteiger partial charge in [0.2, 0.25) is 5.91 Å². The van der Waals surface area contributed by atoms with Gasteiger partial charge in [-0.05, 0) is 96.3 Å². The summed E-state index contributed by atoms with van der Waals surface area (Å²) in [5.74, 6) is -0.261. The summed E-state index contributed by atoms with van der Waals surface area (Å²) in [5.41, 5.74) is 0. The van der Waals surface area contributed by atoms with Crippen LogP contribution in [-0.2, 0) is 23.7 Å². The van der Waals surface area contributed by atoms with Crippen LogP contribution in [0.15, 0.2) is 122 Å². The SMILES string of the molecule is CC/C=C\C/C=C\C/C=C\C/C=C\C/C=C\C/C=C\C/C=C\C/C=C\CCCCCCCCCCCCC(=O)NC(COC1OC(CO)C(OC2OC(CO)C(O)C(O)C2O)C(O)C1O)C(O)/C=C/CC/C=C/CCCCCCCC. The normalized spacial score (nSPS) is 25.0. The van der Waals surface area contributed by atoms with Gasteiger partial charge in [0.25, 0.3) is 0 Å². The van der Waals surface area contributed by atoms with Gasteiger partial charge < -0.3 is 65.1 Å². The predicted octanol–water partition coefficient (Wildman–Crippen LogP) is 11.4. The number of hydrogen-bond acceptors (Lipinski definition) is 13. The van der Waals surface area contributed by atoms with Gasteiger partial charge in [0.05, 0.1) is 32.0 Å². The second kappa shape index (κ2) is 50.9. The van der Waals surface area contributed by atoms with Crippen LogP contribution in [0.3, 0.4) is 0 Å². The Hall–Kier alpha value is -3.61. The maximum atomic E-state index is 13.2. The van der Waals surface area contributed by atoms with Crippen molar-refractivity contribution in [1.82, 2.24) is 5.32 Å². The average molecular weight is 1140 g/mol. The second-order valence-electron chi connectivity index (χ2n) is 21.4. The van der Waals surface area contributed by atoms with E-state index in [2.05, 4.69) is 129 Å². The van der Waals surface area contributed by atoms with E-state index in [0.29, 0.717) is 12.8 Å². The lowest BCUT2D eigenvalue weighted by Crippen LogP contribution is -2.65. The van der Waals surface area contributed by atoms with Crippen LogP contribution in [0.2, 0.25) is 0 Å². The summed E-state index contributed by atoms with van der Waals surface area (Å²) in [7, 11) is 0. The van der Waals surface area contributed by atoms with Crippen LogP contribution in [0, 0.1) is 0 Å². The number of hydrogen-bond donors (Lipinski definition) is 9. The highest BCUT2D eigenvalue weighted by molar-refractivity contribution is 5.76. The van der Waals surface area contributed by atoms with Gasteiger partial charge in [-0.25, -0.2) is 0 Å². The molecule has 12 atom stereocenters. The van der Waals surface area contributed by atoms with Crippen molar-refractivity contribution in [2.45, 2.75) is 274 Å². The molecule has 12 unspecified atom stereocenters. The molecule has 0 radical (unpaired) electrons. The first-order chi connectivity index (χ1) is 39.6. The second-order valence-corrected chi connectivity index (χ2v) is 21.4. The Bertz CT molecular complexity index is 1820. The fraction of sp³-hybridized carbons (Fsp3) is 0.687. The summed E-state index contributed by atoms with van der Waals surface area (Å²) in [6.07, 6.45) is 56.8. The van der Waals surface area contributed by atoms with E-state index < -0.39 is 86.8 Å². The summed E-state index contributed by atoms with van der Waals surface area (Å²) in [5, 5.41) is 87.0. The topological polar surface area (TPSA) is 228 Å². The molecule has 0 spiro atoms. The van der Waals surface area contributed by atoms with Crippen LogP contribution in [0.4, 0.5) is 0 Å². The minimum absolute atomic E-state index is 0.260. The van der Waals surface area contributed by atoms with Crippen molar-refractivity contribution < 1.29 is 64.6 Å². The average Bonchev–Trinajstić information content (AvgIpc) is 3.46. The molecule has 9 N–H and O–H groups in total. The molecule has 2 fully saturated rings. The first kappa shape index (κ1) is 73.5. The third-order valence-corrected chi connectivity index (χ3v) is 14.4. The summed E-state index contributed by atoms with van der Waals surface area (Å²) in [4.78, 5) is 13.2. The van der Waals surface area contributed by atoms with Gasteiger partial charge in [0, 0.05) is 6.42 Å². The Labute approximate surface area is 488 Å². The zero-order valence-electron chi connectivity index (χ0n) is 49.7. The van der Waals surface area contributed by atoms with Crippen LogP contribution in [0.1, 0.15) is 200 Å². The molecule has 0 aromatic carbocycles. The highest BCUT2D eigenvalue weighted by Gasteiger charge is 2.51. The van der Waals surface area contributed by atoms with Crippen LogP contribution in [0.5, 0.6) is 0 Å². The zero-order chi connectivity index (χ0) is 58.8. The van der Waals surface area contributed by atoms with E-state index in [0.717, 1.165) is 89.9 Å². The number of amides is 1. The van der Waals surface area contributed by atoms with Crippen molar-refractivity contribution in [1.29, 1.82) is 0 Å². The molecule has 2 heterocycles. The molecule has 0 aliphatic carbocycles. The van der Waals surface area contributed by atoms with Gasteiger partial charge >= 0.3 is 0 Å². The van der Waals surface area contributed by atoms with Gasteiger partial charge in [0.15, 0.2) is 12.6 Å². The first-order valence-corrected chi connectivity index (χ1v) is 31.3. The molecule has 0 aromatic heterocycles. The minimum Gasteiger partial charge on any atom is -0.394 e. The summed E-state index contributed by atoms with van der Waals surface area (Å²) >= 11 is 0. The van der Waals surface area contributed by atoms with Gasteiger partial charge in [-0.2, -0.15) is 0 Å². The van der Waals surface area contributed by atoms with Crippen LogP contribution < -0.4 is 5.32 Å². The number of nitrogens with one attached hydrogen (secondary N) is 1.